The van der Waals surface area contributed by atoms with E-state index in [1.165, 1.54) is 11.3 Å². The van der Waals surface area contributed by atoms with Crippen molar-refractivity contribution in [1.29, 1.82) is 0 Å². The number of aromatic nitrogens is 5. The van der Waals surface area contributed by atoms with Crippen molar-refractivity contribution in [3.05, 3.63) is 99.5 Å². The van der Waals surface area contributed by atoms with E-state index in [0.717, 1.165) is 81.0 Å². The Kier molecular flexibility index (Phi) is 3.79. The Hall–Kier alpha value is -5.08. The highest BCUT2D eigenvalue weighted by molar-refractivity contribution is 7.22. The van der Waals surface area contributed by atoms with Crippen LogP contribution in [0, 0.1) is 6.92 Å². The van der Waals surface area contributed by atoms with Crippen LogP contribution < -0.4 is 10.8 Å². The molecule has 7 nitrogen and oxygen atoms in total. The summed E-state index contributed by atoms with van der Waals surface area (Å²) in [5, 5.41) is 12.7. The van der Waals surface area contributed by atoms with Crippen LogP contribution in [-0.2, 0) is 0 Å². The molecule has 6 heterocycles. The zero-order chi connectivity index (χ0) is 27.1. The van der Waals surface area contributed by atoms with Crippen molar-refractivity contribution >= 4 is 71.8 Å². The van der Waals surface area contributed by atoms with Gasteiger partial charge in [-0.1, -0.05) is 35.1 Å². The molecular formula is C33H19N5O2S. The first-order valence-electron chi connectivity index (χ1n) is 13.6. The van der Waals surface area contributed by atoms with Gasteiger partial charge in [-0.25, -0.2) is 4.68 Å². The minimum atomic E-state index is -0.304. The number of thiophene rings is 1. The first kappa shape index (κ1) is 21.7. The van der Waals surface area contributed by atoms with Gasteiger partial charge in [0.1, 0.15) is 10.2 Å². The molecular weight excluding hydrogens is 530 g/mol. The smallest absolute Gasteiger partial charge is 0.273 e. The van der Waals surface area contributed by atoms with Gasteiger partial charge in [0.15, 0.2) is 0 Å². The standard InChI is InChI=1S/C33H19N5O2S/c1-16-6-10-23-17(12-16)14-26-20-8-9-21-29-28(20)31(33(40)36(23)26)41-30(29)27-15-18-13-19(7-11-24(18)37(27)32(21)39)38-25-5-3-2-4-22(25)34-35-38/h2-8,10-15,21H,9H2,1H3. The molecule has 10 rings (SSSR count). The van der Waals surface area contributed by atoms with Gasteiger partial charge in [-0.05, 0) is 73.5 Å². The normalized spacial score (nSPS) is 15.9. The van der Waals surface area contributed by atoms with E-state index in [1.54, 1.807) is 0 Å². The van der Waals surface area contributed by atoms with Crippen molar-refractivity contribution < 1.29 is 4.79 Å². The number of rotatable bonds is 1. The van der Waals surface area contributed by atoms with E-state index in [-0.39, 0.29) is 17.4 Å². The molecule has 2 aliphatic rings. The van der Waals surface area contributed by atoms with E-state index in [1.807, 2.05) is 56.1 Å². The first-order chi connectivity index (χ1) is 20.1. The van der Waals surface area contributed by atoms with Crippen molar-refractivity contribution in [1.82, 2.24) is 24.0 Å². The predicted octanol–water partition coefficient (Wildman–Crippen LogP) is 5.97. The second-order valence-corrected chi connectivity index (χ2v) is 12.1. The lowest BCUT2D eigenvalue weighted by Gasteiger charge is -2.26. The second kappa shape index (κ2) is 7.16. The van der Waals surface area contributed by atoms with Gasteiger partial charge in [-0.3, -0.25) is 18.6 Å². The van der Waals surface area contributed by atoms with E-state index < -0.39 is 0 Å². The molecule has 8 heteroatoms. The number of benzene rings is 3. The summed E-state index contributed by atoms with van der Waals surface area (Å²) in [5.74, 6) is -0.242. The van der Waals surface area contributed by atoms with Gasteiger partial charge in [-0.2, -0.15) is 0 Å². The van der Waals surface area contributed by atoms with Gasteiger partial charge < -0.3 is 0 Å². The molecule has 5 aromatic heterocycles. The highest BCUT2D eigenvalue weighted by atomic mass is 32.1. The maximum absolute atomic E-state index is 14.1. The van der Waals surface area contributed by atoms with Gasteiger partial charge in [0, 0.05) is 21.4 Å². The first-order valence-corrected chi connectivity index (χ1v) is 14.4. The molecule has 1 aliphatic heterocycles. The molecule has 1 atom stereocenters. The Bertz CT molecular complexity index is 2630. The van der Waals surface area contributed by atoms with Crippen LogP contribution in [-0.4, -0.2) is 29.9 Å². The molecule has 0 saturated heterocycles. The van der Waals surface area contributed by atoms with Gasteiger partial charge in [0.05, 0.1) is 44.2 Å². The van der Waals surface area contributed by atoms with E-state index in [4.69, 9.17) is 0 Å². The number of hydrogen-bond donors (Lipinski definition) is 0. The van der Waals surface area contributed by atoms with Crippen LogP contribution in [0.5, 0.6) is 0 Å². The zero-order valence-electron chi connectivity index (χ0n) is 21.8. The molecule has 1 unspecified atom stereocenters. The van der Waals surface area contributed by atoms with Crippen LogP contribution >= 0.6 is 11.3 Å². The average molecular weight is 550 g/mol. The van der Waals surface area contributed by atoms with Crippen LogP contribution in [0.1, 0.15) is 28.3 Å². The molecule has 8 aromatic rings. The van der Waals surface area contributed by atoms with Crippen molar-refractivity contribution in [2.45, 2.75) is 19.3 Å². The lowest BCUT2D eigenvalue weighted by Crippen LogP contribution is -2.29. The van der Waals surface area contributed by atoms with Crippen molar-refractivity contribution in [3.8, 4) is 16.3 Å². The summed E-state index contributed by atoms with van der Waals surface area (Å²) in [7, 11) is 0. The Morgan fingerprint density at radius 1 is 0.878 bits per heavy atom. The minimum absolute atomic E-state index is 0.0125. The average Bonchev–Trinajstić information content (AvgIpc) is 3.76. The third-order valence-corrected chi connectivity index (χ3v) is 10.1. The summed E-state index contributed by atoms with van der Waals surface area (Å²) < 4.78 is 6.26. The molecule has 0 saturated carbocycles. The Labute approximate surface area is 235 Å². The van der Waals surface area contributed by atoms with Crippen LogP contribution in [0.3, 0.4) is 0 Å². The largest absolute Gasteiger partial charge is 0.278 e. The fourth-order valence-corrected chi connectivity index (χ4v) is 8.42. The van der Waals surface area contributed by atoms with Gasteiger partial charge in [0.25, 0.3) is 5.56 Å². The number of aryl methyl sites for hydroxylation is 1. The fraction of sp³-hybridized carbons (Fsp3) is 0.0909. The lowest BCUT2D eigenvalue weighted by atomic mass is 9.85. The van der Waals surface area contributed by atoms with Gasteiger partial charge in [0.2, 0.25) is 5.91 Å². The van der Waals surface area contributed by atoms with Gasteiger partial charge >= 0.3 is 0 Å². The number of pyridine rings is 1. The van der Waals surface area contributed by atoms with E-state index >= 15 is 0 Å². The molecule has 1 aliphatic carbocycles. The quantitative estimate of drug-likeness (QED) is 0.253. The number of fused-ring (bicyclic) bond motifs is 9. The molecule has 3 aromatic carbocycles. The number of hydrogen-bond acceptors (Lipinski definition) is 5. The highest BCUT2D eigenvalue weighted by Crippen LogP contribution is 2.49. The minimum Gasteiger partial charge on any atom is -0.278 e. The maximum Gasteiger partial charge on any atom is 0.273 e. The summed E-state index contributed by atoms with van der Waals surface area (Å²) in [6.07, 6.45) is 2.78. The molecule has 0 amide bonds. The van der Waals surface area contributed by atoms with Crippen molar-refractivity contribution in [2.75, 3.05) is 0 Å². The highest BCUT2D eigenvalue weighted by Gasteiger charge is 2.39. The number of para-hydroxylation sites is 1. The number of nitrogens with zero attached hydrogens (tertiary/aromatic N) is 5. The van der Waals surface area contributed by atoms with Gasteiger partial charge in [-0.15, -0.1) is 16.4 Å². The third kappa shape index (κ3) is 2.55. The number of carbonyl (C=O) groups excluding carboxylic acids is 1. The van der Waals surface area contributed by atoms with Crippen LogP contribution in [0.4, 0.5) is 0 Å². The molecule has 194 valence electrons. The SMILES string of the molecule is Cc1ccc2c(c1)cc1c3c4c5c(sc4c(=O)n12)-c1cc2cc(-n4nnc6ccccc64)ccc2n1C(=O)C5CC=3. The predicted molar refractivity (Wildman–Crippen MR) is 162 cm³/mol. The monoisotopic (exact) mass is 549 g/mol. The molecule has 0 fully saturated rings. The van der Waals surface area contributed by atoms with Crippen molar-refractivity contribution in [3.63, 3.8) is 0 Å². The lowest BCUT2D eigenvalue weighted by molar-refractivity contribution is 0.0883. The zero-order valence-corrected chi connectivity index (χ0v) is 22.6. The van der Waals surface area contributed by atoms with E-state index in [2.05, 4.69) is 53.6 Å². The second-order valence-electron chi connectivity index (χ2n) is 11.1. The molecule has 0 bridgehead atoms. The Morgan fingerprint density at radius 2 is 1.73 bits per heavy atom. The molecule has 0 radical (unpaired) electrons. The van der Waals surface area contributed by atoms with Crippen LogP contribution in [0.25, 0.3) is 70.8 Å². The van der Waals surface area contributed by atoms with Crippen molar-refractivity contribution in [2.24, 2.45) is 0 Å². The Morgan fingerprint density at radius 3 is 2.66 bits per heavy atom. The van der Waals surface area contributed by atoms with Crippen LogP contribution in [0.2, 0.25) is 0 Å². The number of carbonyl (C=O) groups is 1. The summed E-state index contributed by atoms with van der Waals surface area (Å²) in [6, 6.07) is 24.3. The third-order valence-electron chi connectivity index (χ3n) is 8.88. The Balaban J connectivity index is 1.26. The van der Waals surface area contributed by atoms with E-state index in [0.29, 0.717) is 6.42 Å². The van der Waals surface area contributed by atoms with Crippen LogP contribution in [0.15, 0.2) is 77.6 Å². The molecule has 41 heavy (non-hydrogen) atoms. The molecule has 0 N–H and O–H groups in total. The summed E-state index contributed by atoms with van der Waals surface area (Å²) in [4.78, 5) is 29.2. The fourth-order valence-electron chi connectivity index (χ4n) is 7.11. The summed E-state index contributed by atoms with van der Waals surface area (Å²) in [6.45, 7) is 2.07. The van der Waals surface area contributed by atoms with E-state index in [9.17, 15) is 9.59 Å². The summed E-state index contributed by atoms with van der Waals surface area (Å²) in [5.41, 5.74) is 8.38. The maximum atomic E-state index is 14.1. The topological polar surface area (TPSA) is 74.2 Å². The molecule has 0 spiro atoms. The summed E-state index contributed by atoms with van der Waals surface area (Å²) >= 11 is 1.52.